The number of hydrogen-bond donors (Lipinski definition) is 1. The highest BCUT2D eigenvalue weighted by Crippen LogP contribution is 2.57. The summed E-state index contributed by atoms with van der Waals surface area (Å²) in [6.45, 7) is 7.10. The lowest BCUT2D eigenvalue weighted by atomic mass is 9.56. The van der Waals surface area contributed by atoms with E-state index < -0.39 is 23.3 Å². The molecule has 1 fully saturated rings. The number of ether oxygens (including phenoxy) is 3. The van der Waals surface area contributed by atoms with Crippen molar-refractivity contribution in [3.8, 4) is 0 Å². The van der Waals surface area contributed by atoms with E-state index in [1.165, 1.54) is 6.92 Å². The van der Waals surface area contributed by atoms with Crippen LogP contribution >= 0.6 is 0 Å². The third-order valence-electron chi connectivity index (χ3n) is 5.97. The number of rotatable bonds is 2. The predicted molar refractivity (Wildman–Crippen MR) is 84.7 cm³/mol. The lowest BCUT2D eigenvalue weighted by molar-refractivity contribution is -0.179. The minimum Gasteiger partial charge on any atom is -0.462 e. The van der Waals surface area contributed by atoms with Gasteiger partial charge in [-0.3, -0.25) is 4.79 Å². The molecule has 132 valence electrons. The normalized spacial score (nSPS) is 41.3. The van der Waals surface area contributed by atoms with Gasteiger partial charge in [0.05, 0.1) is 6.10 Å². The van der Waals surface area contributed by atoms with Crippen LogP contribution in [0.25, 0.3) is 0 Å². The van der Waals surface area contributed by atoms with Crippen molar-refractivity contribution in [1.29, 1.82) is 0 Å². The van der Waals surface area contributed by atoms with Gasteiger partial charge in [0.25, 0.3) is 5.79 Å². The summed E-state index contributed by atoms with van der Waals surface area (Å²) in [6.07, 6.45) is 2.20. The van der Waals surface area contributed by atoms with Crippen molar-refractivity contribution in [3.63, 3.8) is 0 Å². The molecular formula is C18H24O6. The van der Waals surface area contributed by atoms with Crippen molar-refractivity contribution < 1.29 is 28.9 Å². The highest BCUT2D eigenvalue weighted by molar-refractivity contribution is 5.93. The van der Waals surface area contributed by atoms with Crippen LogP contribution in [0, 0.1) is 11.3 Å². The summed E-state index contributed by atoms with van der Waals surface area (Å²) in [6, 6.07) is 0. The van der Waals surface area contributed by atoms with Crippen molar-refractivity contribution in [3.05, 3.63) is 22.8 Å². The first-order valence-electron chi connectivity index (χ1n) is 8.24. The van der Waals surface area contributed by atoms with E-state index in [2.05, 4.69) is 0 Å². The van der Waals surface area contributed by atoms with Crippen LogP contribution in [0.4, 0.5) is 0 Å². The second-order valence-electron chi connectivity index (χ2n) is 7.17. The molecule has 0 saturated heterocycles. The minimum atomic E-state index is -1.73. The Morgan fingerprint density at radius 3 is 2.71 bits per heavy atom. The second kappa shape index (κ2) is 5.43. The van der Waals surface area contributed by atoms with Gasteiger partial charge in [-0.25, -0.2) is 4.79 Å². The Labute approximate surface area is 141 Å². The van der Waals surface area contributed by atoms with Crippen LogP contribution in [0.5, 0.6) is 0 Å². The average Bonchev–Trinajstić information content (AvgIpc) is 2.71. The largest absolute Gasteiger partial charge is 0.462 e. The number of esters is 2. The molecular weight excluding hydrogens is 312 g/mol. The summed E-state index contributed by atoms with van der Waals surface area (Å²) in [4.78, 5) is 23.4. The summed E-state index contributed by atoms with van der Waals surface area (Å²) < 4.78 is 16.5. The molecule has 0 amide bonds. The molecule has 0 spiro atoms. The van der Waals surface area contributed by atoms with E-state index in [0.29, 0.717) is 24.0 Å². The third-order valence-corrected chi connectivity index (χ3v) is 5.97. The van der Waals surface area contributed by atoms with E-state index in [9.17, 15) is 14.7 Å². The molecule has 0 aromatic carbocycles. The van der Waals surface area contributed by atoms with E-state index >= 15 is 0 Å². The Hall–Kier alpha value is -1.66. The van der Waals surface area contributed by atoms with Gasteiger partial charge < -0.3 is 19.3 Å². The van der Waals surface area contributed by atoms with Gasteiger partial charge in [0.2, 0.25) is 0 Å². The van der Waals surface area contributed by atoms with Gasteiger partial charge in [0.15, 0.2) is 0 Å². The maximum atomic E-state index is 12.0. The molecule has 1 saturated carbocycles. The number of hydrogen-bond acceptors (Lipinski definition) is 6. The van der Waals surface area contributed by atoms with Gasteiger partial charge in [-0.05, 0) is 25.8 Å². The molecule has 5 atom stereocenters. The molecule has 3 aliphatic rings. The zero-order chi connectivity index (χ0) is 17.9. The van der Waals surface area contributed by atoms with Crippen LogP contribution < -0.4 is 0 Å². The fourth-order valence-electron chi connectivity index (χ4n) is 4.55. The van der Waals surface area contributed by atoms with Gasteiger partial charge in [-0.1, -0.05) is 19.4 Å². The lowest BCUT2D eigenvalue weighted by Crippen LogP contribution is -2.56. The van der Waals surface area contributed by atoms with E-state index in [1.54, 1.807) is 20.1 Å². The SMILES string of the molecule is CO[C@@H]1C2=C(C)C(=O)O[C@]2(O)C=C2CC[C@H](OC(C)=O)[C@H](C)[C@]21C. The highest BCUT2D eigenvalue weighted by atomic mass is 16.7. The second-order valence-corrected chi connectivity index (χ2v) is 7.17. The molecule has 1 aliphatic heterocycles. The summed E-state index contributed by atoms with van der Waals surface area (Å²) in [5, 5.41) is 10.9. The molecule has 3 rings (SSSR count). The van der Waals surface area contributed by atoms with E-state index in [1.807, 2.05) is 13.8 Å². The van der Waals surface area contributed by atoms with Crippen molar-refractivity contribution in [2.45, 2.75) is 58.5 Å². The van der Waals surface area contributed by atoms with Crippen molar-refractivity contribution >= 4 is 11.9 Å². The molecule has 0 aromatic rings. The summed E-state index contributed by atoms with van der Waals surface area (Å²) in [7, 11) is 1.56. The number of fused-ring (bicyclic) bond motifs is 2. The first-order chi connectivity index (χ1) is 11.1. The first-order valence-corrected chi connectivity index (χ1v) is 8.24. The molecule has 1 N–H and O–H groups in total. The van der Waals surface area contributed by atoms with Crippen LogP contribution in [-0.2, 0) is 23.8 Å². The van der Waals surface area contributed by atoms with Gasteiger partial charge in [-0.2, -0.15) is 0 Å². The number of aliphatic hydroxyl groups is 1. The van der Waals surface area contributed by atoms with Crippen LogP contribution in [0.2, 0.25) is 0 Å². The van der Waals surface area contributed by atoms with Crippen molar-refractivity contribution in [1.82, 2.24) is 0 Å². The molecule has 0 aromatic heterocycles. The standard InChI is InChI=1S/C18H24O6/c1-9-14-15(22-5)17(4)10(2)13(23-11(3)19)7-6-12(17)8-18(14,21)24-16(9)20/h8,10,13,15,21H,6-7H2,1-5H3/t10-,13-,15+,17+,18+/m0/s1. The Bertz CT molecular complexity index is 662. The van der Waals surface area contributed by atoms with Gasteiger partial charge >= 0.3 is 11.9 Å². The Balaban J connectivity index is 2.12. The topological polar surface area (TPSA) is 82.1 Å². The first kappa shape index (κ1) is 17.2. The molecule has 2 aliphatic carbocycles. The van der Waals surface area contributed by atoms with Gasteiger partial charge in [0.1, 0.15) is 6.10 Å². The van der Waals surface area contributed by atoms with E-state index in [4.69, 9.17) is 14.2 Å². The number of carbonyl (C=O) groups excluding carboxylic acids is 2. The molecule has 0 unspecified atom stereocenters. The summed E-state index contributed by atoms with van der Waals surface area (Å²) in [5.41, 5.74) is 1.31. The van der Waals surface area contributed by atoms with Crippen LogP contribution in [0.15, 0.2) is 22.8 Å². The monoisotopic (exact) mass is 336 g/mol. The molecule has 6 heteroatoms. The molecule has 0 bridgehead atoms. The zero-order valence-electron chi connectivity index (χ0n) is 14.7. The quantitative estimate of drug-likeness (QED) is 0.612. The molecule has 24 heavy (non-hydrogen) atoms. The summed E-state index contributed by atoms with van der Waals surface area (Å²) in [5.74, 6) is -2.60. The van der Waals surface area contributed by atoms with Crippen LogP contribution in [-0.4, -0.2) is 42.1 Å². The fourth-order valence-corrected chi connectivity index (χ4v) is 4.55. The molecule has 1 heterocycles. The fraction of sp³-hybridized carbons (Fsp3) is 0.667. The Morgan fingerprint density at radius 1 is 1.46 bits per heavy atom. The predicted octanol–water partition coefficient (Wildman–Crippen LogP) is 1.87. The molecule has 0 radical (unpaired) electrons. The average molecular weight is 336 g/mol. The molecule has 6 nitrogen and oxygen atoms in total. The van der Waals surface area contributed by atoms with E-state index in [-0.39, 0.29) is 18.0 Å². The van der Waals surface area contributed by atoms with Crippen molar-refractivity contribution in [2.24, 2.45) is 11.3 Å². The third kappa shape index (κ3) is 2.16. The van der Waals surface area contributed by atoms with Crippen LogP contribution in [0.1, 0.15) is 40.5 Å². The zero-order valence-corrected chi connectivity index (χ0v) is 14.7. The maximum Gasteiger partial charge on any atom is 0.337 e. The van der Waals surface area contributed by atoms with Gasteiger partial charge in [-0.15, -0.1) is 0 Å². The maximum absolute atomic E-state index is 12.0. The van der Waals surface area contributed by atoms with Gasteiger partial charge in [0, 0.05) is 36.5 Å². The lowest BCUT2D eigenvalue weighted by Gasteiger charge is -2.53. The van der Waals surface area contributed by atoms with Crippen LogP contribution in [0.3, 0.4) is 0 Å². The smallest absolute Gasteiger partial charge is 0.337 e. The Kier molecular flexibility index (Phi) is 3.88. The Morgan fingerprint density at radius 2 is 2.12 bits per heavy atom. The number of carbonyl (C=O) groups is 2. The van der Waals surface area contributed by atoms with Crippen molar-refractivity contribution in [2.75, 3.05) is 7.11 Å². The number of methoxy groups -OCH3 is 1. The summed E-state index contributed by atoms with van der Waals surface area (Å²) >= 11 is 0. The van der Waals surface area contributed by atoms with E-state index in [0.717, 1.165) is 5.57 Å². The highest BCUT2D eigenvalue weighted by Gasteiger charge is 2.61. The minimum absolute atomic E-state index is 0.0353.